The summed E-state index contributed by atoms with van der Waals surface area (Å²) in [5.41, 5.74) is 3.80. The molecule has 0 unspecified atom stereocenters. The van der Waals surface area contributed by atoms with E-state index in [2.05, 4.69) is 17.4 Å². The molecule has 0 aliphatic rings. The van der Waals surface area contributed by atoms with E-state index in [-0.39, 0.29) is 12.5 Å². The van der Waals surface area contributed by atoms with Gasteiger partial charge < -0.3 is 14.8 Å². The van der Waals surface area contributed by atoms with Gasteiger partial charge >= 0.3 is 0 Å². The lowest BCUT2D eigenvalue weighted by atomic mass is 10.0. The number of nitrogens with one attached hydrogen (secondary N) is 1. The molecule has 150 valence electrons. The van der Waals surface area contributed by atoms with Gasteiger partial charge in [-0.3, -0.25) is 4.79 Å². The second-order valence-electron chi connectivity index (χ2n) is 6.50. The predicted octanol–water partition coefficient (Wildman–Crippen LogP) is 4.84. The van der Waals surface area contributed by atoms with Crippen molar-refractivity contribution in [1.29, 1.82) is 5.26 Å². The van der Waals surface area contributed by atoms with Gasteiger partial charge in [0.15, 0.2) is 18.1 Å². The summed E-state index contributed by atoms with van der Waals surface area (Å²) in [6.45, 7) is -0.0592. The van der Waals surface area contributed by atoms with E-state index in [9.17, 15) is 4.79 Å². The van der Waals surface area contributed by atoms with Crippen LogP contribution in [0.25, 0.3) is 6.08 Å². The maximum atomic E-state index is 12.5. The van der Waals surface area contributed by atoms with Crippen molar-refractivity contribution >= 4 is 17.7 Å². The van der Waals surface area contributed by atoms with Gasteiger partial charge in [0.1, 0.15) is 6.07 Å². The maximum absolute atomic E-state index is 12.5. The van der Waals surface area contributed by atoms with E-state index < -0.39 is 0 Å². The Bertz CT molecular complexity index is 1070. The number of carbonyl (C=O) groups is 1. The van der Waals surface area contributed by atoms with Crippen LogP contribution in [0, 0.1) is 11.3 Å². The largest absolute Gasteiger partial charge is 0.493 e. The maximum Gasteiger partial charge on any atom is 0.248 e. The number of methoxy groups -OCH3 is 1. The highest BCUT2D eigenvalue weighted by atomic mass is 16.5. The highest BCUT2D eigenvalue weighted by molar-refractivity contribution is 6.02. The molecule has 0 atom stereocenters. The van der Waals surface area contributed by atoms with Gasteiger partial charge in [0.25, 0.3) is 0 Å². The first kappa shape index (κ1) is 20.7. The first-order valence-corrected chi connectivity index (χ1v) is 9.48. The Hall–Kier alpha value is -4.04. The molecule has 0 bridgehead atoms. The van der Waals surface area contributed by atoms with Crippen LogP contribution in [0.1, 0.15) is 16.7 Å². The summed E-state index contributed by atoms with van der Waals surface area (Å²) in [4.78, 5) is 12.5. The highest BCUT2D eigenvalue weighted by Gasteiger charge is 2.07. The molecule has 3 rings (SSSR count). The normalized spacial score (nSPS) is 10.4. The van der Waals surface area contributed by atoms with E-state index in [1.807, 2.05) is 48.5 Å². The SMILES string of the molecule is COc1cc(C=CC(=O)Nc2ccccc2Cc2ccccc2)ccc1OCC#N. The Labute approximate surface area is 176 Å². The van der Waals surface area contributed by atoms with Gasteiger partial charge in [0.2, 0.25) is 5.91 Å². The third-order valence-corrected chi connectivity index (χ3v) is 4.42. The van der Waals surface area contributed by atoms with Crippen LogP contribution in [0.2, 0.25) is 0 Å². The molecular weight excluding hydrogens is 376 g/mol. The van der Waals surface area contributed by atoms with Crippen LogP contribution < -0.4 is 14.8 Å². The molecule has 0 radical (unpaired) electrons. The van der Waals surface area contributed by atoms with Crippen molar-refractivity contribution in [2.45, 2.75) is 6.42 Å². The molecule has 0 spiro atoms. The minimum atomic E-state index is -0.223. The number of nitriles is 1. The van der Waals surface area contributed by atoms with E-state index in [0.29, 0.717) is 11.5 Å². The Balaban J connectivity index is 1.69. The Morgan fingerprint density at radius 3 is 2.57 bits per heavy atom. The molecule has 3 aromatic rings. The summed E-state index contributed by atoms with van der Waals surface area (Å²) in [6.07, 6.45) is 3.91. The van der Waals surface area contributed by atoms with Crippen molar-refractivity contribution in [3.8, 4) is 17.6 Å². The van der Waals surface area contributed by atoms with Crippen LogP contribution in [0.15, 0.2) is 78.9 Å². The van der Waals surface area contributed by atoms with Crippen LogP contribution in [0.4, 0.5) is 5.69 Å². The Morgan fingerprint density at radius 2 is 1.80 bits per heavy atom. The minimum absolute atomic E-state index is 0.0592. The van der Waals surface area contributed by atoms with Gasteiger partial charge in [-0.05, 0) is 47.4 Å². The summed E-state index contributed by atoms with van der Waals surface area (Å²) in [6, 6.07) is 25.1. The zero-order valence-electron chi connectivity index (χ0n) is 16.7. The molecule has 0 saturated carbocycles. The number of amides is 1. The lowest BCUT2D eigenvalue weighted by Crippen LogP contribution is -2.10. The molecule has 0 aliphatic carbocycles. The lowest BCUT2D eigenvalue weighted by molar-refractivity contribution is -0.111. The summed E-state index contributed by atoms with van der Waals surface area (Å²) in [7, 11) is 1.53. The quantitative estimate of drug-likeness (QED) is 0.551. The van der Waals surface area contributed by atoms with Gasteiger partial charge in [-0.2, -0.15) is 5.26 Å². The molecule has 0 fully saturated rings. The van der Waals surface area contributed by atoms with E-state index in [4.69, 9.17) is 14.7 Å². The van der Waals surface area contributed by atoms with Crippen LogP contribution in [0.3, 0.4) is 0 Å². The number of anilines is 1. The molecule has 5 heteroatoms. The Morgan fingerprint density at radius 1 is 1.03 bits per heavy atom. The molecule has 0 heterocycles. The topological polar surface area (TPSA) is 71.3 Å². The van der Waals surface area contributed by atoms with E-state index in [1.165, 1.54) is 18.7 Å². The molecule has 0 aliphatic heterocycles. The number of rotatable bonds is 8. The first-order chi connectivity index (χ1) is 14.7. The fourth-order valence-corrected chi connectivity index (χ4v) is 2.98. The number of nitrogens with zero attached hydrogens (tertiary/aromatic N) is 1. The van der Waals surface area contributed by atoms with Crippen LogP contribution in [0.5, 0.6) is 11.5 Å². The predicted molar refractivity (Wildman–Crippen MR) is 117 cm³/mol. The van der Waals surface area contributed by atoms with Gasteiger partial charge in [-0.25, -0.2) is 0 Å². The second-order valence-corrected chi connectivity index (χ2v) is 6.50. The molecule has 0 aromatic heterocycles. The second kappa shape index (κ2) is 10.5. The molecular formula is C25H22N2O3. The summed E-state index contributed by atoms with van der Waals surface area (Å²) in [5, 5.41) is 11.6. The first-order valence-electron chi connectivity index (χ1n) is 9.48. The smallest absolute Gasteiger partial charge is 0.248 e. The van der Waals surface area contributed by atoms with Crippen molar-refractivity contribution in [1.82, 2.24) is 0 Å². The fourth-order valence-electron chi connectivity index (χ4n) is 2.98. The van der Waals surface area contributed by atoms with Crippen molar-refractivity contribution in [3.05, 3.63) is 95.6 Å². The van der Waals surface area contributed by atoms with Crippen molar-refractivity contribution < 1.29 is 14.3 Å². The molecule has 3 aromatic carbocycles. The zero-order chi connectivity index (χ0) is 21.2. The monoisotopic (exact) mass is 398 g/mol. The van der Waals surface area contributed by atoms with Crippen molar-refractivity contribution in [2.75, 3.05) is 19.0 Å². The van der Waals surface area contributed by atoms with E-state index in [1.54, 1.807) is 24.3 Å². The Kier molecular flexibility index (Phi) is 7.23. The van der Waals surface area contributed by atoms with Gasteiger partial charge in [0, 0.05) is 11.8 Å². The summed E-state index contributed by atoms with van der Waals surface area (Å²) >= 11 is 0. The number of para-hydroxylation sites is 1. The molecule has 0 saturated heterocycles. The average molecular weight is 398 g/mol. The highest BCUT2D eigenvalue weighted by Crippen LogP contribution is 2.28. The zero-order valence-corrected chi connectivity index (χ0v) is 16.7. The lowest BCUT2D eigenvalue weighted by Gasteiger charge is -2.10. The number of carbonyl (C=O) groups excluding carboxylic acids is 1. The average Bonchev–Trinajstić information content (AvgIpc) is 2.78. The molecule has 5 nitrogen and oxygen atoms in total. The molecule has 1 N–H and O–H groups in total. The number of hydrogen-bond donors (Lipinski definition) is 1. The fraction of sp³-hybridized carbons (Fsp3) is 0.120. The third-order valence-electron chi connectivity index (χ3n) is 4.42. The van der Waals surface area contributed by atoms with Crippen molar-refractivity contribution in [2.24, 2.45) is 0 Å². The van der Waals surface area contributed by atoms with Gasteiger partial charge in [-0.1, -0.05) is 54.6 Å². The molecule has 1 amide bonds. The number of ether oxygens (including phenoxy) is 2. The minimum Gasteiger partial charge on any atom is -0.493 e. The summed E-state index contributed by atoms with van der Waals surface area (Å²) in [5.74, 6) is 0.760. The van der Waals surface area contributed by atoms with Gasteiger partial charge in [0.05, 0.1) is 7.11 Å². The molecule has 30 heavy (non-hydrogen) atoms. The third kappa shape index (κ3) is 5.73. The van der Waals surface area contributed by atoms with E-state index >= 15 is 0 Å². The number of hydrogen-bond acceptors (Lipinski definition) is 4. The van der Waals surface area contributed by atoms with E-state index in [0.717, 1.165) is 23.2 Å². The number of benzene rings is 3. The standard InChI is InChI=1S/C25H22N2O3/c1-29-24-18-20(11-13-23(24)30-16-15-26)12-14-25(28)27-22-10-6-5-9-21(22)17-19-7-3-2-4-8-19/h2-14,18H,16-17H2,1H3,(H,27,28). The summed E-state index contributed by atoms with van der Waals surface area (Å²) < 4.78 is 10.6. The van der Waals surface area contributed by atoms with Crippen molar-refractivity contribution in [3.63, 3.8) is 0 Å². The van der Waals surface area contributed by atoms with Crippen LogP contribution >= 0.6 is 0 Å². The van der Waals surface area contributed by atoms with Crippen LogP contribution in [-0.2, 0) is 11.2 Å². The van der Waals surface area contributed by atoms with Gasteiger partial charge in [-0.15, -0.1) is 0 Å². The van der Waals surface area contributed by atoms with Crippen LogP contribution in [-0.4, -0.2) is 19.6 Å².